The molecule has 1 atom stereocenters. The summed E-state index contributed by atoms with van der Waals surface area (Å²) in [5.41, 5.74) is 4.46. The fraction of sp³-hybridized carbons (Fsp3) is 0.238. The van der Waals surface area contributed by atoms with Gasteiger partial charge in [0.05, 0.1) is 19.3 Å². The van der Waals surface area contributed by atoms with E-state index in [1.165, 1.54) is 11.1 Å². The molecule has 1 aliphatic rings. The normalized spacial score (nSPS) is 16.1. The molecule has 4 rings (SSSR count). The second-order valence-electron chi connectivity index (χ2n) is 6.55. The maximum absolute atomic E-state index is 12.8. The molecule has 132 valence electrons. The molecule has 1 amide bonds. The molecule has 1 N–H and O–H groups in total. The highest BCUT2D eigenvalue weighted by molar-refractivity contribution is 5.94. The Hall–Kier alpha value is -2.92. The van der Waals surface area contributed by atoms with Crippen molar-refractivity contribution in [3.05, 3.63) is 83.0 Å². The van der Waals surface area contributed by atoms with Crippen molar-refractivity contribution in [3.8, 4) is 0 Å². The first-order chi connectivity index (χ1) is 12.7. The summed E-state index contributed by atoms with van der Waals surface area (Å²) in [6.45, 7) is 3.22. The molecule has 1 aromatic heterocycles. The van der Waals surface area contributed by atoms with Crippen LogP contribution < -0.4 is 5.32 Å². The van der Waals surface area contributed by atoms with Crippen LogP contribution in [-0.4, -0.2) is 22.3 Å². The van der Waals surface area contributed by atoms with Crippen molar-refractivity contribution in [1.29, 1.82) is 0 Å². The molecule has 3 aromatic rings. The van der Waals surface area contributed by atoms with Gasteiger partial charge in [0.25, 0.3) is 5.91 Å². The molecule has 0 fully saturated rings. The minimum absolute atomic E-state index is 0.164. The molecule has 0 spiro atoms. The van der Waals surface area contributed by atoms with Gasteiger partial charge in [0.15, 0.2) is 6.10 Å². The second kappa shape index (κ2) is 7.14. The van der Waals surface area contributed by atoms with Gasteiger partial charge in [-0.15, -0.1) is 0 Å². The summed E-state index contributed by atoms with van der Waals surface area (Å²) in [7, 11) is 0. The third-order valence-corrected chi connectivity index (χ3v) is 4.61. The van der Waals surface area contributed by atoms with Crippen LogP contribution in [-0.2, 0) is 22.5 Å². The minimum Gasteiger partial charge on any atom is -0.363 e. The minimum atomic E-state index is -0.581. The van der Waals surface area contributed by atoms with Crippen molar-refractivity contribution < 1.29 is 9.53 Å². The molecule has 0 saturated carbocycles. The Labute approximate surface area is 152 Å². The molecule has 0 aliphatic carbocycles. The smallest absolute Gasteiger partial charge is 0.259 e. The monoisotopic (exact) mass is 347 g/mol. The molecule has 1 aliphatic heterocycles. The van der Waals surface area contributed by atoms with E-state index in [0.29, 0.717) is 19.0 Å². The van der Waals surface area contributed by atoms with Crippen LogP contribution in [0, 0.1) is 6.92 Å². The van der Waals surface area contributed by atoms with E-state index in [1.807, 2.05) is 30.3 Å². The Balaban J connectivity index is 1.52. The summed E-state index contributed by atoms with van der Waals surface area (Å²) in [6, 6.07) is 18.0. The first kappa shape index (κ1) is 16.5. The summed E-state index contributed by atoms with van der Waals surface area (Å²) in [4.78, 5) is 12.8. The van der Waals surface area contributed by atoms with Crippen LogP contribution in [0.15, 0.2) is 60.8 Å². The average molecular weight is 347 g/mol. The van der Waals surface area contributed by atoms with Gasteiger partial charge in [-0.3, -0.25) is 4.79 Å². The van der Waals surface area contributed by atoms with Crippen LogP contribution in [0.4, 0.5) is 5.82 Å². The van der Waals surface area contributed by atoms with Gasteiger partial charge in [-0.05, 0) is 30.0 Å². The Morgan fingerprint density at radius 2 is 2.12 bits per heavy atom. The van der Waals surface area contributed by atoms with E-state index in [4.69, 9.17) is 4.74 Å². The molecule has 1 unspecified atom stereocenters. The van der Waals surface area contributed by atoms with E-state index in [-0.39, 0.29) is 5.91 Å². The van der Waals surface area contributed by atoms with Gasteiger partial charge in [0.1, 0.15) is 5.82 Å². The number of benzene rings is 2. The van der Waals surface area contributed by atoms with Crippen molar-refractivity contribution in [2.24, 2.45) is 0 Å². The summed E-state index contributed by atoms with van der Waals surface area (Å²) < 4.78 is 7.54. The van der Waals surface area contributed by atoms with Crippen LogP contribution in [0.2, 0.25) is 0 Å². The number of hydrogen-bond donors (Lipinski definition) is 1. The zero-order chi connectivity index (χ0) is 17.9. The zero-order valence-corrected chi connectivity index (χ0v) is 14.7. The van der Waals surface area contributed by atoms with Gasteiger partial charge in [-0.2, -0.15) is 5.10 Å². The number of nitrogens with zero attached hydrogens (tertiary/aromatic N) is 2. The highest BCUT2D eigenvalue weighted by Gasteiger charge is 2.27. The lowest BCUT2D eigenvalue weighted by molar-refractivity contribution is -0.128. The summed E-state index contributed by atoms with van der Waals surface area (Å²) in [6.07, 6.45) is 1.95. The topological polar surface area (TPSA) is 56.2 Å². The highest BCUT2D eigenvalue weighted by Crippen LogP contribution is 2.28. The number of rotatable bonds is 4. The standard InChI is InChI=1S/C21H21N3O2/c1-15-5-4-6-16(13-15)14-24-19(9-11-22-24)23-21(25)20-18-8-3-2-7-17(18)10-12-26-20/h2-9,11,13,20H,10,12,14H2,1H3,(H,23,25). The molecule has 0 bridgehead atoms. The van der Waals surface area contributed by atoms with Crippen molar-refractivity contribution in [1.82, 2.24) is 9.78 Å². The van der Waals surface area contributed by atoms with Crippen molar-refractivity contribution in [2.45, 2.75) is 26.0 Å². The van der Waals surface area contributed by atoms with E-state index in [9.17, 15) is 4.79 Å². The van der Waals surface area contributed by atoms with Gasteiger partial charge in [-0.25, -0.2) is 4.68 Å². The first-order valence-corrected chi connectivity index (χ1v) is 8.78. The molecule has 2 aromatic carbocycles. The lowest BCUT2D eigenvalue weighted by Crippen LogP contribution is -2.29. The summed E-state index contributed by atoms with van der Waals surface area (Å²) in [5.74, 6) is 0.506. The second-order valence-corrected chi connectivity index (χ2v) is 6.55. The Kier molecular flexibility index (Phi) is 4.54. The molecule has 0 radical (unpaired) electrons. The molecule has 0 saturated heterocycles. The third-order valence-electron chi connectivity index (χ3n) is 4.61. The fourth-order valence-electron chi connectivity index (χ4n) is 3.35. The number of carbonyl (C=O) groups is 1. The molecule has 2 heterocycles. The van der Waals surface area contributed by atoms with Crippen molar-refractivity contribution in [2.75, 3.05) is 11.9 Å². The first-order valence-electron chi connectivity index (χ1n) is 8.78. The van der Waals surface area contributed by atoms with Gasteiger partial charge >= 0.3 is 0 Å². The number of anilines is 1. The number of fused-ring (bicyclic) bond motifs is 1. The predicted molar refractivity (Wildman–Crippen MR) is 100.0 cm³/mol. The summed E-state index contributed by atoms with van der Waals surface area (Å²) in [5, 5.41) is 7.32. The Morgan fingerprint density at radius 3 is 3.00 bits per heavy atom. The van der Waals surface area contributed by atoms with E-state index in [0.717, 1.165) is 17.5 Å². The van der Waals surface area contributed by atoms with Crippen molar-refractivity contribution >= 4 is 11.7 Å². The molecule has 5 heteroatoms. The maximum atomic E-state index is 12.8. The fourth-order valence-corrected chi connectivity index (χ4v) is 3.35. The Morgan fingerprint density at radius 1 is 1.23 bits per heavy atom. The van der Waals surface area contributed by atoms with Crippen LogP contribution in [0.1, 0.15) is 28.4 Å². The van der Waals surface area contributed by atoms with Gasteiger partial charge in [0, 0.05) is 6.07 Å². The molecule has 26 heavy (non-hydrogen) atoms. The van der Waals surface area contributed by atoms with E-state index in [2.05, 4.69) is 41.6 Å². The van der Waals surface area contributed by atoms with E-state index >= 15 is 0 Å². The SMILES string of the molecule is Cc1cccc(Cn2nccc2NC(=O)C2OCCc3ccccc32)c1. The highest BCUT2D eigenvalue weighted by atomic mass is 16.5. The zero-order valence-electron chi connectivity index (χ0n) is 14.7. The van der Waals surface area contributed by atoms with Gasteiger partial charge in [0.2, 0.25) is 0 Å². The number of nitrogens with one attached hydrogen (secondary N) is 1. The van der Waals surface area contributed by atoms with E-state index < -0.39 is 6.10 Å². The quantitative estimate of drug-likeness (QED) is 0.786. The number of hydrogen-bond acceptors (Lipinski definition) is 3. The number of aryl methyl sites for hydroxylation is 1. The summed E-state index contributed by atoms with van der Waals surface area (Å²) >= 11 is 0. The molecular formula is C21H21N3O2. The van der Waals surface area contributed by atoms with Gasteiger partial charge < -0.3 is 10.1 Å². The van der Waals surface area contributed by atoms with Crippen molar-refractivity contribution in [3.63, 3.8) is 0 Å². The lowest BCUT2D eigenvalue weighted by atomic mass is 9.97. The third kappa shape index (κ3) is 3.39. The molecule has 5 nitrogen and oxygen atoms in total. The number of ether oxygens (including phenoxy) is 1. The van der Waals surface area contributed by atoms with Crippen LogP contribution in [0.5, 0.6) is 0 Å². The number of amides is 1. The van der Waals surface area contributed by atoms with Crippen LogP contribution >= 0.6 is 0 Å². The molecular weight excluding hydrogens is 326 g/mol. The number of aromatic nitrogens is 2. The average Bonchev–Trinajstić information content (AvgIpc) is 3.08. The van der Waals surface area contributed by atoms with Gasteiger partial charge in [-0.1, -0.05) is 54.1 Å². The maximum Gasteiger partial charge on any atom is 0.259 e. The predicted octanol–water partition coefficient (Wildman–Crippen LogP) is 3.49. The van der Waals surface area contributed by atoms with Crippen LogP contribution in [0.3, 0.4) is 0 Å². The number of carbonyl (C=O) groups excluding carboxylic acids is 1. The lowest BCUT2D eigenvalue weighted by Gasteiger charge is -2.25. The van der Waals surface area contributed by atoms with Crippen LogP contribution in [0.25, 0.3) is 0 Å². The Bertz CT molecular complexity index is 932. The van der Waals surface area contributed by atoms with E-state index in [1.54, 1.807) is 10.9 Å². The largest absolute Gasteiger partial charge is 0.363 e.